The van der Waals surface area contributed by atoms with E-state index in [1.165, 1.54) is 6.20 Å². The molecule has 0 amide bonds. The molecule has 1 aromatic heterocycles. The van der Waals surface area contributed by atoms with Crippen LogP contribution in [-0.4, -0.2) is 25.4 Å². The molecule has 0 aliphatic rings. The SMILES string of the molecule is [B]c1cnc(C)c(C(=O)OCC)c1. The lowest BCUT2D eigenvalue weighted by atomic mass is 9.96. The molecule has 0 saturated heterocycles. The van der Waals surface area contributed by atoms with Crippen LogP contribution in [0.25, 0.3) is 0 Å². The van der Waals surface area contributed by atoms with Crippen molar-refractivity contribution in [1.82, 2.24) is 4.98 Å². The van der Waals surface area contributed by atoms with Gasteiger partial charge in [-0.1, -0.05) is 11.5 Å². The maximum atomic E-state index is 11.3. The lowest BCUT2D eigenvalue weighted by molar-refractivity contribution is 0.0525. The Morgan fingerprint density at radius 2 is 2.38 bits per heavy atom. The molecule has 0 saturated carbocycles. The summed E-state index contributed by atoms with van der Waals surface area (Å²) >= 11 is 0. The van der Waals surface area contributed by atoms with Crippen LogP contribution in [0.1, 0.15) is 23.0 Å². The molecule has 66 valence electrons. The van der Waals surface area contributed by atoms with E-state index in [9.17, 15) is 4.79 Å². The standard InChI is InChI=1S/C9H10BNO2/c1-3-13-9(12)8-4-7(10)5-11-6(8)2/h4-5H,3H2,1-2H3. The molecule has 0 aliphatic heterocycles. The molecule has 0 fully saturated rings. The molecule has 3 nitrogen and oxygen atoms in total. The van der Waals surface area contributed by atoms with E-state index in [-0.39, 0.29) is 5.97 Å². The monoisotopic (exact) mass is 175 g/mol. The fourth-order valence-corrected chi connectivity index (χ4v) is 0.965. The zero-order valence-corrected chi connectivity index (χ0v) is 7.70. The first-order valence-corrected chi connectivity index (χ1v) is 4.04. The third kappa shape index (κ3) is 2.31. The summed E-state index contributed by atoms with van der Waals surface area (Å²) in [6.45, 7) is 3.85. The van der Waals surface area contributed by atoms with Gasteiger partial charge < -0.3 is 4.74 Å². The summed E-state index contributed by atoms with van der Waals surface area (Å²) in [5, 5.41) is 0. The van der Waals surface area contributed by atoms with Crippen LogP contribution in [0.5, 0.6) is 0 Å². The van der Waals surface area contributed by atoms with Gasteiger partial charge in [-0.15, -0.1) is 0 Å². The first-order valence-electron chi connectivity index (χ1n) is 4.04. The third-order valence-electron chi connectivity index (χ3n) is 1.60. The zero-order valence-electron chi connectivity index (χ0n) is 7.70. The van der Waals surface area contributed by atoms with Gasteiger partial charge in [0, 0.05) is 6.20 Å². The molecule has 13 heavy (non-hydrogen) atoms. The highest BCUT2D eigenvalue weighted by atomic mass is 16.5. The second-order valence-electron chi connectivity index (χ2n) is 2.62. The van der Waals surface area contributed by atoms with Gasteiger partial charge in [-0.2, -0.15) is 0 Å². The average Bonchev–Trinajstić information content (AvgIpc) is 2.09. The van der Waals surface area contributed by atoms with Crippen LogP contribution in [0, 0.1) is 6.92 Å². The molecule has 0 aromatic carbocycles. The predicted octanol–water partition coefficient (Wildman–Crippen LogP) is 0.361. The molecule has 0 aliphatic carbocycles. The Hall–Kier alpha value is -1.32. The van der Waals surface area contributed by atoms with Gasteiger partial charge in [0.15, 0.2) is 0 Å². The quantitative estimate of drug-likeness (QED) is 0.481. The number of pyridine rings is 1. The Balaban J connectivity index is 2.99. The van der Waals surface area contributed by atoms with Crippen molar-refractivity contribution in [3.63, 3.8) is 0 Å². The molecule has 1 aromatic rings. The van der Waals surface area contributed by atoms with Gasteiger partial charge in [-0.3, -0.25) is 4.98 Å². The van der Waals surface area contributed by atoms with Crippen molar-refractivity contribution in [1.29, 1.82) is 0 Å². The molecular formula is C9H10BNO2. The highest BCUT2D eigenvalue weighted by Crippen LogP contribution is 2.03. The van der Waals surface area contributed by atoms with E-state index in [4.69, 9.17) is 12.6 Å². The van der Waals surface area contributed by atoms with Crippen molar-refractivity contribution < 1.29 is 9.53 Å². The van der Waals surface area contributed by atoms with E-state index in [1.54, 1.807) is 19.9 Å². The third-order valence-corrected chi connectivity index (χ3v) is 1.60. The molecule has 1 heterocycles. The molecule has 2 radical (unpaired) electrons. The largest absolute Gasteiger partial charge is 0.462 e. The van der Waals surface area contributed by atoms with Crippen LogP contribution in [-0.2, 0) is 4.74 Å². The van der Waals surface area contributed by atoms with Crippen LogP contribution in [0.15, 0.2) is 12.3 Å². The Bertz CT molecular complexity index is 325. The van der Waals surface area contributed by atoms with E-state index in [1.807, 2.05) is 0 Å². The summed E-state index contributed by atoms with van der Waals surface area (Å²) in [6.07, 6.45) is 1.51. The number of rotatable bonds is 2. The van der Waals surface area contributed by atoms with Crippen LogP contribution >= 0.6 is 0 Å². The predicted molar refractivity (Wildman–Crippen MR) is 50.3 cm³/mol. The molecular weight excluding hydrogens is 165 g/mol. The van der Waals surface area contributed by atoms with Gasteiger partial charge in [-0.05, 0) is 13.8 Å². The summed E-state index contributed by atoms with van der Waals surface area (Å²) < 4.78 is 4.83. The lowest BCUT2D eigenvalue weighted by Gasteiger charge is -2.04. The van der Waals surface area contributed by atoms with Crippen LogP contribution < -0.4 is 5.46 Å². The number of aryl methyl sites for hydroxylation is 1. The second kappa shape index (κ2) is 4.07. The van der Waals surface area contributed by atoms with Gasteiger partial charge in [0.05, 0.1) is 17.9 Å². The minimum atomic E-state index is -0.375. The molecule has 0 bridgehead atoms. The maximum absolute atomic E-state index is 11.3. The summed E-state index contributed by atoms with van der Waals surface area (Å²) in [6, 6.07) is 1.57. The minimum absolute atomic E-state index is 0.354. The van der Waals surface area contributed by atoms with Crippen LogP contribution in [0.2, 0.25) is 0 Å². The Morgan fingerprint density at radius 1 is 1.69 bits per heavy atom. The van der Waals surface area contributed by atoms with Crippen LogP contribution in [0.3, 0.4) is 0 Å². The highest BCUT2D eigenvalue weighted by molar-refractivity contribution is 6.32. The van der Waals surface area contributed by atoms with Gasteiger partial charge in [0.25, 0.3) is 0 Å². The smallest absolute Gasteiger partial charge is 0.339 e. The van der Waals surface area contributed by atoms with E-state index in [2.05, 4.69) is 4.98 Å². The van der Waals surface area contributed by atoms with E-state index in [0.717, 1.165) is 0 Å². The zero-order chi connectivity index (χ0) is 9.84. The number of carbonyl (C=O) groups excluding carboxylic acids is 1. The topological polar surface area (TPSA) is 39.2 Å². The summed E-state index contributed by atoms with van der Waals surface area (Å²) in [5.74, 6) is -0.375. The highest BCUT2D eigenvalue weighted by Gasteiger charge is 2.10. The number of hydrogen-bond acceptors (Lipinski definition) is 3. The Morgan fingerprint density at radius 3 is 3.00 bits per heavy atom. The Kier molecular flexibility index (Phi) is 3.06. The Labute approximate surface area is 78.5 Å². The number of hydrogen-bond donors (Lipinski definition) is 0. The van der Waals surface area contributed by atoms with Crippen molar-refractivity contribution in [2.75, 3.05) is 6.61 Å². The number of ether oxygens (including phenoxy) is 1. The van der Waals surface area contributed by atoms with E-state index < -0.39 is 0 Å². The fraction of sp³-hybridized carbons (Fsp3) is 0.333. The normalized spacial score (nSPS) is 9.69. The van der Waals surface area contributed by atoms with Crippen molar-refractivity contribution >= 4 is 19.3 Å². The fourth-order valence-electron chi connectivity index (χ4n) is 0.965. The summed E-state index contributed by atoms with van der Waals surface area (Å²) in [7, 11) is 5.49. The minimum Gasteiger partial charge on any atom is -0.462 e. The van der Waals surface area contributed by atoms with Gasteiger partial charge in [0.1, 0.15) is 7.85 Å². The molecule has 0 spiro atoms. The van der Waals surface area contributed by atoms with Gasteiger partial charge in [0.2, 0.25) is 0 Å². The van der Waals surface area contributed by atoms with Crippen molar-refractivity contribution in [3.8, 4) is 0 Å². The van der Waals surface area contributed by atoms with Crippen LogP contribution in [0.4, 0.5) is 0 Å². The number of esters is 1. The van der Waals surface area contributed by atoms with Crippen molar-refractivity contribution in [3.05, 3.63) is 23.5 Å². The van der Waals surface area contributed by atoms with Gasteiger partial charge in [-0.25, -0.2) is 4.79 Å². The van der Waals surface area contributed by atoms with Crippen molar-refractivity contribution in [2.45, 2.75) is 13.8 Å². The molecule has 0 unspecified atom stereocenters. The van der Waals surface area contributed by atoms with E-state index in [0.29, 0.717) is 23.3 Å². The lowest BCUT2D eigenvalue weighted by Crippen LogP contribution is -2.13. The number of nitrogens with zero attached hydrogens (tertiary/aromatic N) is 1. The van der Waals surface area contributed by atoms with Crippen molar-refractivity contribution in [2.24, 2.45) is 0 Å². The maximum Gasteiger partial charge on any atom is 0.339 e. The summed E-state index contributed by atoms with van der Waals surface area (Å²) in [5.41, 5.74) is 1.53. The first kappa shape index (κ1) is 9.77. The van der Waals surface area contributed by atoms with E-state index >= 15 is 0 Å². The average molecular weight is 175 g/mol. The summed E-state index contributed by atoms with van der Waals surface area (Å²) in [4.78, 5) is 15.3. The molecule has 0 N–H and O–H groups in total. The molecule has 0 atom stereocenters. The second-order valence-corrected chi connectivity index (χ2v) is 2.62. The number of aromatic nitrogens is 1. The molecule has 1 rings (SSSR count). The molecule has 4 heteroatoms. The van der Waals surface area contributed by atoms with Gasteiger partial charge >= 0.3 is 5.97 Å². The first-order chi connectivity index (χ1) is 6.15. The number of carbonyl (C=O) groups is 1.